The van der Waals surface area contributed by atoms with Gasteiger partial charge in [-0.15, -0.1) is 0 Å². The van der Waals surface area contributed by atoms with Crippen molar-refractivity contribution in [1.82, 2.24) is 10.2 Å². The smallest absolute Gasteiger partial charge is 0.161 e. The summed E-state index contributed by atoms with van der Waals surface area (Å²) in [6.45, 7) is 7.05. The number of hydrogen-bond donors (Lipinski definition) is 1. The van der Waals surface area contributed by atoms with Gasteiger partial charge in [-0.1, -0.05) is 6.07 Å². The zero-order valence-corrected chi connectivity index (χ0v) is 13.5. The molecule has 21 heavy (non-hydrogen) atoms. The molecule has 0 spiro atoms. The van der Waals surface area contributed by atoms with Gasteiger partial charge in [-0.25, -0.2) is 0 Å². The molecule has 1 aromatic rings. The van der Waals surface area contributed by atoms with Crippen molar-refractivity contribution in [3.63, 3.8) is 0 Å². The van der Waals surface area contributed by atoms with E-state index in [1.54, 1.807) is 7.11 Å². The zero-order valence-electron chi connectivity index (χ0n) is 13.5. The van der Waals surface area contributed by atoms with Gasteiger partial charge in [-0.2, -0.15) is 0 Å². The fourth-order valence-corrected chi connectivity index (χ4v) is 2.96. The average molecular weight is 292 g/mol. The highest BCUT2D eigenvalue weighted by Gasteiger charge is 2.16. The summed E-state index contributed by atoms with van der Waals surface area (Å²) in [7, 11) is 3.90. The summed E-state index contributed by atoms with van der Waals surface area (Å²) in [5.74, 6) is 2.40. The Morgan fingerprint density at radius 1 is 1.33 bits per heavy atom. The normalized spacial score (nSPS) is 19.5. The molecule has 1 atom stereocenters. The van der Waals surface area contributed by atoms with Crippen molar-refractivity contribution < 1.29 is 9.47 Å². The summed E-state index contributed by atoms with van der Waals surface area (Å²) < 4.78 is 10.9. The number of methoxy groups -OCH3 is 1. The third kappa shape index (κ3) is 4.90. The lowest BCUT2D eigenvalue weighted by atomic mass is 9.98. The summed E-state index contributed by atoms with van der Waals surface area (Å²) in [4.78, 5) is 2.43. The minimum Gasteiger partial charge on any atom is -0.493 e. The van der Waals surface area contributed by atoms with Crippen LogP contribution in [0.1, 0.15) is 25.3 Å². The predicted molar refractivity (Wildman–Crippen MR) is 86.1 cm³/mol. The van der Waals surface area contributed by atoms with Gasteiger partial charge in [-0.05, 0) is 63.5 Å². The molecule has 1 aromatic carbocycles. The van der Waals surface area contributed by atoms with Crippen molar-refractivity contribution in [3.05, 3.63) is 23.8 Å². The van der Waals surface area contributed by atoms with Crippen molar-refractivity contribution in [2.24, 2.45) is 5.92 Å². The Morgan fingerprint density at radius 2 is 2.19 bits per heavy atom. The lowest BCUT2D eigenvalue weighted by molar-refractivity contribution is 0.206. The molecule has 1 saturated heterocycles. The topological polar surface area (TPSA) is 33.7 Å². The number of likely N-dealkylation sites (tertiary alicyclic amines) is 1. The molecule has 4 heteroatoms. The quantitative estimate of drug-likeness (QED) is 0.837. The van der Waals surface area contributed by atoms with Crippen LogP contribution in [0, 0.1) is 5.92 Å². The number of nitrogens with zero attached hydrogens (tertiary/aromatic N) is 1. The monoisotopic (exact) mass is 292 g/mol. The molecular weight excluding hydrogens is 264 g/mol. The summed E-state index contributed by atoms with van der Waals surface area (Å²) in [6.07, 6.45) is 2.66. The van der Waals surface area contributed by atoms with E-state index in [-0.39, 0.29) is 0 Å². The maximum atomic E-state index is 5.54. The van der Waals surface area contributed by atoms with Gasteiger partial charge in [0.15, 0.2) is 11.5 Å². The van der Waals surface area contributed by atoms with E-state index in [2.05, 4.69) is 29.4 Å². The van der Waals surface area contributed by atoms with Gasteiger partial charge in [0.2, 0.25) is 0 Å². The molecule has 0 aromatic heterocycles. The highest BCUT2D eigenvalue weighted by molar-refractivity contribution is 5.42. The molecule has 0 bridgehead atoms. The standard InChI is InChI=1S/C17H28N2O2/c1-4-21-16-8-7-14(10-17(16)20-3)11-18-12-15-6-5-9-19(2)13-15/h7-8,10,15,18H,4-6,9,11-13H2,1-3H3/t15-/m1/s1. The Hall–Kier alpha value is -1.26. The SMILES string of the molecule is CCOc1ccc(CNC[C@H]2CCCN(C)C2)cc1OC. The first-order valence-electron chi connectivity index (χ1n) is 7.92. The molecule has 1 aliphatic rings. The van der Waals surface area contributed by atoms with E-state index in [1.165, 1.54) is 31.5 Å². The van der Waals surface area contributed by atoms with E-state index in [4.69, 9.17) is 9.47 Å². The molecule has 1 aliphatic heterocycles. The fourth-order valence-electron chi connectivity index (χ4n) is 2.96. The molecular formula is C17H28N2O2. The molecule has 1 heterocycles. The number of hydrogen-bond acceptors (Lipinski definition) is 4. The van der Waals surface area contributed by atoms with Gasteiger partial charge in [0.1, 0.15) is 0 Å². The minimum atomic E-state index is 0.656. The average Bonchev–Trinajstić information content (AvgIpc) is 2.49. The van der Waals surface area contributed by atoms with Crippen LogP contribution in [0.4, 0.5) is 0 Å². The van der Waals surface area contributed by atoms with Gasteiger partial charge in [0, 0.05) is 13.1 Å². The van der Waals surface area contributed by atoms with E-state index >= 15 is 0 Å². The molecule has 118 valence electrons. The van der Waals surface area contributed by atoms with Crippen LogP contribution in [-0.4, -0.2) is 45.3 Å². The van der Waals surface area contributed by atoms with Crippen LogP contribution in [0.5, 0.6) is 11.5 Å². The van der Waals surface area contributed by atoms with E-state index in [9.17, 15) is 0 Å². The second kappa shape index (κ2) is 8.25. The minimum absolute atomic E-state index is 0.656. The third-order valence-corrected chi connectivity index (χ3v) is 4.01. The third-order valence-electron chi connectivity index (χ3n) is 4.01. The van der Waals surface area contributed by atoms with Crippen LogP contribution in [-0.2, 0) is 6.54 Å². The summed E-state index contributed by atoms with van der Waals surface area (Å²) in [6, 6.07) is 6.16. The van der Waals surface area contributed by atoms with Crippen LogP contribution in [0.2, 0.25) is 0 Å². The van der Waals surface area contributed by atoms with Crippen LogP contribution in [0.15, 0.2) is 18.2 Å². The van der Waals surface area contributed by atoms with Crippen LogP contribution < -0.4 is 14.8 Å². The Labute approximate surface area is 128 Å². The molecule has 0 radical (unpaired) electrons. The maximum Gasteiger partial charge on any atom is 0.161 e. The van der Waals surface area contributed by atoms with E-state index < -0.39 is 0 Å². The molecule has 1 N–H and O–H groups in total. The van der Waals surface area contributed by atoms with Crippen LogP contribution >= 0.6 is 0 Å². The van der Waals surface area contributed by atoms with E-state index in [0.29, 0.717) is 6.61 Å². The Morgan fingerprint density at radius 3 is 2.90 bits per heavy atom. The van der Waals surface area contributed by atoms with Crippen LogP contribution in [0.3, 0.4) is 0 Å². The van der Waals surface area contributed by atoms with Gasteiger partial charge in [0.25, 0.3) is 0 Å². The largest absolute Gasteiger partial charge is 0.493 e. The second-order valence-electron chi connectivity index (χ2n) is 5.82. The maximum absolute atomic E-state index is 5.54. The van der Waals surface area contributed by atoms with Gasteiger partial charge in [0.05, 0.1) is 13.7 Å². The summed E-state index contributed by atoms with van der Waals surface area (Å²) >= 11 is 0. The summed E-state index contributed by atoms with van der Waals surface area (Å²) in [5.41, 5.74) is 1.24. The first kappa shape index (κ1) is 16.1. The fraction of sp³-hybridized carbons (Fsp3) is 0.647. The lowest BCUT2D eigenvalue weighted by Gasteiger charge is -2.29. The Bertz CT molecular complexity index is 437. The van der Waals surface area contributed by atoms with Gasteiger partial charge >= 0.3 is 0 Å². The number of benzene rings is 1. The first-order valence-corrected chi connectivity index (χ1v) is 7.92. The molecule has 0 aliphatic carbocycles. The molecule has 1 fully saturated rings. The van der Waals surface area contributed by atoms with Gasteiger partial charge in [-0.3, -0.25) is 0 Å². The number of rotatable bonds is 7. The Kier molecular flexibility index (Phi) is 6.33. The summed E-state index contributed by atoms with van der Waals surface area (Å²) in [5, 5.41) is 3.57. The molecule has 4 nitrogen and oxygen atoms in total. The lowest BCUT2D eigenvalue weighted by Crippen LogP contribution is -2.37. The molecule has 2 rings (SSSR count). The van der Waals surface area contributed by atoms with Gasteiger partial charge < -0.3 is 19.7 Å². The molecule has 0 unspecified atom stereocenters. The highest BCUT2D eigenvalue weighted by Crippen LogP contribution is 2.28. The van der Waals surface area contributed by atoms with Crippen molar-refractivity contribution >= 4 is 0 Å². The van der Waals surface area contributed by atoms with Crippen molar-refractivity contribution in [2.75, 3.05) is 40.4 Å². The van der Waals surface area contributed by atoms with Crippen molar-refractivity contribution in [1.29, 1.82) is 0 Å². The molecule has 0 saturated carbocycles. The first-order chi connectivity index (χ1) is 10.2. The van der Waals surface area contributed by atoms with E-state index in [0.717, 1.165) is 30.5 Å². The second-order valence-corrected chi connectivity index (χ2v) is 5.82. The number of nitrogens with one attached hydrogen (secondary N) is 1. The van der Waals surface area contributed by atoms with Crippen molar-refractivity contribution in [3.8, 4) is 11.5 Å². The van der Waals surface area contributed by atoms with Crippen molar-refractivity contribution in [2.45, 2.75) is 26.3 Å². The number of ether oxygens (including phenoxy) is 2. The zero-order chi connectivity index (χ0) is 15.1. The van der Waals surface area contributed by atoms with E-state index in [1.807, 2.05) is 13.0 Å². The Balaban J connectivity index is 1.82. The predicted octanol–water partition coefficient (Wildman–Crippen LogP) is 2.53. The number of piperidine rings is 1. The van der Waals surface area contributed by atoms with Crippen LogP contribution in [0.25, 0.3) is 0 Å². The molecule has 0 amide bonds. The highest BCUT2D eigenvalue weighted by atomic mass is 16.5.